The summed E-state index contributed by atoms with van der Waals surface area (Å²) in [6.07, 6.45) is 0. The Kier molecular flexibility index (Phi) is 1.54. The van der Waals surface area contributed by atoms with Crippen LogP contribution < -0.4 is 5.73 Å². The van der Waals surface area contributed by atoms with E-state index >= 15 is 0 Å². The van der Waals surface area contributed by atoms with Crippen molar-refractivity contribution in [1.82, 2.24) is 0 Å². The normalized spacial score (nSPS) is 10.8. The molecule has 12 heavy (non-hydrogen) atoms. The Bertz CT molecular complexity index is 433. The molecular formula is C9H8FNS. The molecule has 2 N–H and O–H groups in total. The van der Waals surface area contributed by atoms with E-state index in [-0.39, 0.29) is 11.5 Å². The summed E-state index contributed by atoms with van der Waals surface area (Å²) in [5.41, 5.74) is 6.78. The molecule has 1 aromatic carbocycles. The van der Waals surface area contributed by atoms with Crippen molar-refractivity contribution < 1.29 is 4.39 Å². The third-order valence-electron chi connectivity index (χ3n) is 1.94. The molecule has 0 amide bonds. The maximum Gasteiger partial charge on any atom is 0.147 e. The van der Waals surface area contributed by atoms with Crippen LogP contribution in [0.1, 0.15) is 5.56 Å². The lowest BCUT2D eigenvalue weighted by Crippen LogP contribution is -1.91. The van der Waals surface area contributed by atoms with Gasteiger partial charge < -0.3 is 5.73 Å². The van der Waals surface area contributed by atoms with Crippen LogP contribution in [0.25, 0.3) is 10.1 Å². The predicted molar refractivity (Wildman–Crippen MR) is 50.9 cm³/mol. The van der Waals surface area contributed by atoms with Crippen LogP contribution in [0.3, 0.4) is 0 Å². The number of hydrogen-bond donors (Lipinski definition) is 1. The van der Waals surface area contributed by atoms with Gasteiger partial charge in [0.25, 0.3) is 0 Å². The Morgan fingerprint density at radius 2 is 2.25 bits per heavy atom. The van der Waals surface area contributed by atoms with Crippen LogP contribution in [0, 0.1) is 12.7 Å². The molecule has 0 aliphatic carbocycles. The smallest absolute Gasteiger partial charge is 0.147 e. The summed E-state index contributed by atoms with van der Waals surface area (Å²) in [5.74, 6) is -0.317. The zero-order valence-corrected chi connectivity index (χ0v) is 7.41. The second-order valence-electron chi connectivity index (χ2n) is 2.75. The number of hydrogen-bond acceptors (Lipinski definition) is 2. The third-order valence-corrected chi connectivity index (χ3v) is 2.88. The third kappa shape index (κ3) is 0.898. The van der Waals surface area contributed by atoms with Crippen molar-refractivity contribution in [2.75, 3.05) is 5.73 Å². The fourth-order valence-corrected chi connectivity index (χ4v) is 2.20. The molecule has 1 heterocycles. The van der Waals surface area contributed by atoms with E-state index in [0.29, 0.717) is 0 Å². The Balaban J connectivity index is 2.97. The standard InChI is InChI=1S/C9H8FNS/c1-5-4-7(10)8(11)9-6(5)2-3-12-9/h2-4H,11H2,1H3. The number of rotatable bonds is 0. The number of benzene rings is 1. The molecule has 0 saturated carbocycles. The number of thiophene rings is 1. The summed E-state index contributed by atoms with van der Waals surface area (Å²) in [6, 6.07) is 3.44. The largest absolute Gasteiger partial charge is 0.395 e. The van der Waals surface area contributed by atoms with E-state index in [4.69, 9.17) is 5.73 Å². The van der Waals surface area contributed by atoms with Gasteiger partial charge in [0.1, 0.15) is 5.82 Å². The molecular weight excluding hydrogens is 173 g/mol. The van der Waals surface area contributed by atoms with Crippen molar-refractivity contribution in [3.05, 3.63) is 28.9 Å². The second kappa shape index (κ2) is 2.45. The van der Waals surface area contributed by atoms with Crippen LogP contribution in [0.15, 0.2) is 17.5 Å². The number of fused-ring (bicyclic) bond motifs is 1. The van der Waals surface area contributed by atoms with Gasteiger partial charge in [0.05, 0.1) is 10.4 Å². The van der Waals surface area contributed by atoms with Gasteiger partial charge in [0.2, 0.25) is 0 Å². The highest BCUT2D eigenvalue weighted by Gasteiger charge is 2.07. The van der Waals surface area contributed by atoms with E-state index in [9.17, 15) is 4.39 Å². The van der Waals surface area contributed by atoms with Gasteiger partial charge in [-0.3, -0.25) is 0 Å². The summed E-state index contributed by atoms with van der Waals surface area (Å²) in [6.45, 7) is 1.89. The zero-order chi connectivity index (χ0) is 8.72. The fraction of sp³-hybridized carbons (Fsp3) is 0.111. The minimum absolute atomic E-state index is 0.269. The molecule has 0 aliphatic rings. The van der Waals surface area contributed by atoms with E-state index < -0.39 is 0 Å². The summed E-state index contributed by atoms with van der Waals surface area (Å²) in [4.78, 5) is 0. The first-order valence-electron chi connectivity index (χ1n) is 3.62. The van der Waals surface area contributed by atoms with Gasteiger partial charge in [-0.05, 0) is 35.4 Å². The molecule has 0 spiro atoms. The highest BCUT2D eigenvalue weighted by molar-refractivity contribution is 7.17. The van der Waals surface area contributed by atoms with Gasteiger partial charge in [-0.25, -0.2) is 4.39 Å². The molecule has 62 valence electrons. The molecule has 0 fully saturated rings. The van der Waals surface area contributed by atoms with Crippen LogP contribution in [0.5, 0.6) is 0 Å². The van der Waals surface area contributed by atoms with E-state index in [0.717, 1.165) is 15.6 Å². The summed E-state index contributed by atoms with van der Waals surface area (Å²) >= 11 is 1.48. The molecule has 0 atom stereocenters. The second-order valence-corrected chi connectivity index (χ2v) is 3.67. The van der Waals surface area contributed by atoms with Crippen molar-refractivity contribution in [3.8, 4) is 0 Å². The van der Waals surface area contributed by atoms with E-state index in [1.54, 1.807) is 0 Å². The van der Waals surface area contributed by atoms with Gasteiger partial charge in [0, 0.05) is 0 Å². The molecule has 2 rings (SSSR count). The van der Waals surface area contributed by atoms with E-state index in [1.165, 1.54) is 17.4 Å². The van der Waals surface area contributed by atoms with Crippen LogP contribution in [-0.2, 0) is 0 Å². The first kappa shape index (κ1) is 7.55. The summed E-state index contributed by atoms with van der Waals surface area (Å²) < 4.78 is 13.9. The van der Waals surface area contributed by atoms with Gasteiger partial charge in [-0.15, -0.1) is 11.3 Å². The van der Waals surface area contributed by atoms with Crippen LogP contribution in [0.4, 0.5) is 10.1 Å². The van der Waals surface area contributed by atoms with Gasteiger partial charge in [-0.2, -0.15) is 0 Å². The van der Waals surface area contributed by atoms with Crippen molar-refractivity contribution in [3.63, 3.8) is 0 Å². The van der Waals surface area contributed by atoms with Crippen molar-refractivity contribution >= 4 is 27.1 Å². The minimum Gasteiger partial charge on any atom is -0.395 e. The maximum atomic E-state index is 13.1. The number of halogens is 1. The molecule has 0 bridgehead atoms. The van der Waals surface area contributed by atoms with E-state index in [2.05, 4.69) is 0 Å². The van der Waals surface area contributed by atoms with Gasteiger partial charge >= 0.3 is 0 Å². The number of aryl methyl sites for hydroxylation is 1. The number of nitrogen functional groups attached to an aromatic ring is 1. The first-order chi connectivity index (χ1) is 5.70. The summed E-state index contributed by atoms with van der Waals surface area (Å²) in [7, 11) is 0. The maximum absolute atomic E-state index is 13.1. The topological polar surface area (TPSA) is 26.0 Å². The lowest BCUT2D eigenvalue weighted by Gasteiger charge is -2.00. The number of anilines is 1. The average Bonchev–Trinajstić information content (AvgIpc) is 2.48. The van der Waals surface area contributed by atoms with Crippen molar-refractivity contribution in [2.24, 2.45) is 0 Å². The predicted octanol–water partition coefficient (Wildman–Crippen LogP) is 2.93. The SMILES string of the molecule is Cc1cc(F)c(N)c2sccc12. The van der Waals surface area contributed by atoms with E-state index in [1.807, 2.05) is 18.4 Å². The molecule has 1 nitrogen and oxygen atoms in total. The molecule has 0 saturated heterocycles. The molecule has 2 aromatic rings. The molecule has 0 aliphatic heterocycles. The first-order valence-corrected chi connectivity index (χ1v) is 4.50. The Labute approximate surface area is 73.6 Å². The zero-order valence-electron chi connectivity index (χ0n) is 6.60. The quantitative estimate of drug-likeness (QED) is 0.621. The Hall–Kier alpha value is -1.09. The highest BCUT2D eigenvalue weighted by Crippen LogP contribution is 2.31. The molecule has 3 heteroatoms. The van der Waals surface area contributed by atoms with Gasteiger partial charge in [0.15, 0.2) is 0 Å². The fourth-order valence-electron chi connectivity index (χ4n) is 1.28. The minimum atomic E-state index is -0.317. The number of nitrogens with two attached hydrogens (primary N) is 1. The lowest BCUT2D eigenvalue weighted by molar-refractivity contribution is 0.633. The summed E-state index contributed by atoms with van der Waals surface area (Å²) in [5, 5.41) is 2.98. The van der Waals surface area contributed by atoms with Crippen molar-refractivity contribution in [2.45, 2.75) is 6.92 Å². The Morgan fingerprint density at radius 1 is 1.50 bits per heavy atom. The van der Waals surface area contributed by atoms with Crippen LogP contribution in [-0.4, -0.2) is 0 Å². The monoisotopic (exact) mass is 181 g/mol. The molecule has 0 unspecified atom stereocenters. The highest BCUT2D eigenvalue weighted by atomic mass is 32.1. The molecule has 1 aromatic heterocycles. The van der Waals surface area contributed by atoms with Crippen LogP contribution in [0.2, 0.25) is 0 Å². The van der Waals surface area contributed by atoms with Crippen molar-refractivity contribution in [1.29, 1.82) is 0 Å². The Morgan fingerprint density at radius 3 is 3.00 bits per heavy atom. The van der Waals surface area contributed by atoms with Gasteiger partial charge in [-0.1, -0.05) is 0 Å². The lowest BCUT2D eigenvalue weighted by atomic mass is 10.1. The molecule has 0 radical (unpaired) electrons. The average molecular weight is 181 g/mol. The van der Waals surface area contributed by atoms with Crippen LogP contribution >= 0.6 is 11.3 Å².